The molecule has 31 heavy (non-hydrogen) atoms. The number of hydrogen-bond donors (Lipinski definition) is 0. The number of piperazine rings is 1. The summed E-state index contributed by atoms with van der Waals surface area (Å²) in [4.78, 5) is 34.6. The molecule has 0 N–H and O–H groups in total. The number of likely N-dealkylation sites (tertiary alicyclic amines) is 1. The normalized spacial score (nSPS) is 21.9. The van der Waals surface area contributed by atoms with E-state index >= 15 is 0 Å². The second kappa shape index (κ2) is 9.13. The fourth-order valence-corrected chi connectivity index (χ4v) is 6.32. The van der Waals surface area contributed by atoms with Gasteiger partial charge in [0.25, 0.3) is 5.91 Å². The van der Waals surface area contributed by atoms with Crippen molar-refractivity contribution in [1.82, 2.24) is 14.7 Å². The zero-order valence-corrected chi connectivity index (χ0v) is 18.9. The van der Waals surface area contributed by atoms with E-state index in [1.54, 1.807) is 11.3 Å². The average Bonchev–Trinajstić information content (AvgIpc) is 3.49. The molecule has 2 aliphatic heterocycles. The molecule has 1 aromatic heterocycles. The minimum atomic E-state index is 0.0671. The van der Waals surface area contributed by atoms with Crippen LogP contribution in [-0.2, 0) is 24.2 Å². The molecule has 0 spiro atoms. The molecule has 1 aliphatic carbocycles. The molecule has 0 radical (unpaired) electrons. The summed E-state index contributed by atoms with van der Waals surface area (Å²) in [6, 6.07) is 12.6. The Morgan fingerprint density at radius 2 is 1.68 bits per heavy atom. The van der Waals surface area contributed by atoms with Crippen molar-refractivity contribution in [3.63, 3.8) is 0 Å². The van der Waals surface area contributed by atoms with E-state index in [-0.39, 0.29) is 11.8 Å². The van der Waals surface area contributed by atoms with Gasteiger partial charge >= 0.3 is 0 Å². The Bertz CT molecular complexity index is 927. The lowest BCUT2D eigenvalue weighted by atomic mass is 9.87. The van der Waals surface area contributed by atoms with E-state index in [4.69, 9.17) is 0 Å². The molecule has 0 saturated carbocycles. The number of aryl methyl sites for hydroxylation is 1. The summed E-state index contributed by atoms with van der Waals surface area (Å²) in [5.74, 6) is 0.565. The van der Waals surface area contributed by atoms with Crippen molar-refractivity contribution in [3.05, 3.63) is 57.3 Å². The topological polar surface area (TPSA) is 43.9 Å². The molecule has 2 saturated heterocycles. The molecule has 5 rings (SSSR count). The van der Waals surface area contributed by atoms with Crippen molar-refractivity contribution < 1.29 is 9.59 Å². The van der Waals surface area contributed by atoms with Crippen LogP contribution < -0.4 is 0 Å². The maximum atomic E-state index is 13.2. The second-order valence-corrected chi connectivity index (χ2v) is 10.2. The zero-order valence-electron chi connectivity index (χ0n) is 18.1. The fraction of sp³-hybridized carbons (Fsp3) is 0.520. The first-order chi connectivity index (χ1) is 15.2. The van der Waals surface area contributed by atoms with Crippen molar-refractivity contribution in [3.8, 4) is 0 Å². The Hall–Kier alpha value is -2.18. The van der Waals surface area contributed by atoms with Crippen LogP contribution in [-0.4, -0.2) is 65.8 Å². The molecule has 164 valence electrons. The van der Waals surface area contributed by atoms with Gasteiger partial charge in [-0.05, 0) is 49.3 Å². The molecule has 0 bridgehead atoms. The van der Waals surface area contributed by atoms with E-state index < -0.39 is 0 Å². The second-order valence-electron chi connectivity index (χ2n) is 9.09. The van der Waals surface area contributed by atoms with Crippen molar-refractivity contribution in [2.45, 2.75) is 38.6 Å². The third kappa shape index (κ3) is 4.55. The molecule has 3 heterocycles. The van der Waals surface area contributed by atoms with Crippen molar-refractivity contribution in [2.24, 2.45) is 5.92 Å². The fourth-order valence-electron chi connectivity index (χ4n) is 5.14. The lowest BCUT2D eigenvalue weighted by Crippen LogP contribution is -2.50. The average molecular weight is 438 g/mol. The first-order valence-electron chi connectivity index (χ1n) is 11.6. The molecule has 2 fully saturated rings. The van der Waals surface area contributed by atoms with Gasteiger partial charge in [0.2, 0.25) is 5.91 Å². The smallest absolute Gasteiger partial charge is 0.263 e. The van der Waals surface area contributed by atoms with Gasteiger partial charge < -0.3 is 9.80 Å². The standard InChI is InChI=1S/C25H31N3O2S/c29-24(28-14-12-26(13-15-28)18-19-6-2-1-3-7-19)20-8-9-22-21(16-20)17-23(31-22)25(30)27-10-4-5-11-27/h1-3,6-7,17,20H,4-5,8-16,18H2/t20-/m1/s1. The lowest BCUT2D eigenvalue weighted by Gasteiger charge is -2.37. The molecular weight excluding hydrogens is 406 g/mol. The number of thiophene rings is 1. The molecule has 2 aromatic rings. The van der Waals surface area contributed by atoms with Crippen LogP contribution in [0.1, 0.15) is 44.9 Å². The number of carbonyl (C=O) groups excluding carboxylic acids is 2. The van der Waals surface area contributed by atoms with Gasteiger partial charge in [-0.3, -0.25) is 14.5 Å². The molecule has 1 atom stereocenters. The Kier molecular flexibility index (Phi) is 6.10. The summed E-state index contributed by atoms with van der Waals surface area (Å²) in [5, 5.41) is 0. The minimum Gasteiger partial charge on any atom is -0.340 e. The van der Waals surface area contributed by atoms with Crippen molar-refractivity contribution in [1.29, 1.82) is 0 Å². The summed E-state index contributed by atoms with van der Waals surface area (Å²) in [6.45, 7) is 6.24. The van der Waals surface area contributed by atoms with Crippen LogP contribution in [0.3, 0.4) is 0 Å². The largest absolute Gasteiger partial charge is 0.340 e. The van der Waals surface area contributed by atoms with Gasteiger partial charge in [-0.15, -0.1) is 11.3 Å². The predicted molar refractivity (Wildman–Crippen MR) is 123 cm³/mol. The summed E-state index contributed by atoms with van der Waals surface area (Å²) >= 11 is 1.66. The molecule has 0 unspecified atom stereocenters. The van der Waals surface area contributed by atoms with Crippen LogP contribution in [0, 0.1) is 5.92 Å². The first kappa shape index (κ1) is 20.7. The van der Waals surface area contributed by atoms with E-state index in [1.807, 2.05) is 4.90 Å². The third-order valence-electron chi connectivity index (χ3n) is 6.97. The van der Waals surface area contributed by atoms with E-state index in [1.165, 1.54) is 16.0 Å². The van der Waals surface area contributed by atoms with Crippen LogP contribution in [0.15, 0.2) is 36.4 Å². The highest BCUT2D eigenvalue weighted by atomic mass is 32.1. The summed E-state index contributed by atoms with van der Waals surface area (Å²) in [5.41, 5.74) is 2.57. The molecular formula is C25H31N3O2S. The van der Waals surface area contributed by atoms with Crippen molar-refractivity contribution >= 4 is 23.2 Å². The molecule has 2 amide bonds. The van der Waals surface area contributed by atoms with Crippen LogP contribution in [0.2, 0.25) is 0 Å². The van der Waals surface area contributed by atoms with E-state index in [0.717, 1.165) is 82.8 Å². The molecule has 6 heteroatoms. The Morgan fingerprint density at radius 1 is 0.935 bits per heavy atom. The number of hydrogen-bond acceptors (Lipinski definition) is 4. The minimum absolute atomic E-state index is 0.0671. The number of carbonyl (C=O) groups is 2. The van der Waals surface area contributed by atoms with Crippen LogP contribution in [0.4, 0.5) is 0 Å². The number of fused-ring (bicyclic) bond motifs is 1. The van der Waals surface area contributed by atoms with E-state index in [2.05, 4.69) is 46.2 Å². The highest BCUT2D eigenvalue weighted by Crippen LogP contribution is 2.34. The molecule has 1 aromatic carbocycles. The third-order valence-corrected chi connectivity index (χ3v) is 8.19. The van der Waals surface area contributed by atoms with Crippen LogP contribution in [0.5, 0.6) is 0 Å². The van der Waals surface area contributed by atoms with Crippen molar-refractivity contribution in [2.75, 3.05) is 39.3 Å². The summed E-state index contributed by atoms with van der Waals surface area (Å²) < 4.78 is 0. The van der Waals surface area contributed by atoms with Gasteiger partial charge in [0.15, 0.2) is 0 Å². The van der Waals surface area contributed by atoms with Gasteiger partial charge in [-0.1, -0.05) is 30.3 Å². The lowest BCUT2D eigenvalue weighted by molar-refractivity contribution is -0.137. The Labute approximate surface area is 188 Å². The quantitative estimate of drug-likeness (QED) is 0.736. The van der Waals surface area contributed by atoms with Gasteiger partial charge in [-0.25, -0.2) is 0 Å². The van der Waals surface area contributed by atoms with Gasteiger partial charge in [-0.2, -0.15) is 0 Å². The predicted octanol–water partition coefficient (Wildman–Crippen LogP) is 3.43. The summed E-state index contributed by atoms with van der Waals surface area (Å²) in [6.07, 6.45) is 4.87. The highest BCUT2D eigenvalue weighted by Gasteiger charge is 2.32. The zero-order chi connectivity index (χ0) is 21.2. The van der Waals surface area contributed by atoms with E-state index in [0.29, 0.717) is 5.91 Å². The monoisotopic (exact) mass is 437 g/mol. The summed E-state index contributed by atoms with van der Waals surface area (Å²) in [7, 11) is 0. The van der Waals surface area contributed by atoms with Crippen LogP contribution >= 0.6 is 11.3 Å². The van der Waals surface area contributed by atoms with Gasteiger partial charge in [0.05, 0.1) is 4.88 Å². The highest BCUT2D eigenvalue weighted by molar-refractivity contribution is 7.14. The van der Waals surface area contributed by atoms with Crippen LogP contribution in [0.25, 0.3) is 0 Å². The number of rotatable bonds is 4. The SMILES string of the molecule is O=C(c1cc2c(s1)CC[C@@H](C(=O)N1CCN(Cc3ccccc3)CC1)C2)N1CCCC1. The Balaban J connectivity index is 1.16. The number of amides is 2. The van der Waals surface area contributed by atoms with Gasteiger partial charge in [0.1, 0.15) is 0 Å². The maximum absolute atomic E-state index is 13.2. The van der Waals surface area contributed by atoms with Gasteiger partial charge in [0, 0.05) is 56.6 Å². The first-order valence-corrected chi connectivity index (χ1v) is 12.4. The Morgan fingerprint density at radius 3 is 2.42 bits per heavy atom. The number of benzene rings is 1. The number of nitrogens with zero attached hydrogens (tertiary/aromatic N) is 3. The molecule has 3 aliphatic rings. The molecule has 5 nitrogen and oxygen atoms in total. The maximum Gasteiger partial charge on any atom is 0.263 e. The van der Waals surface area contributed by atoms with E-state index in [9.17, 15) is 9.59 Å².